The van der Waals surface area contributed by atoms with E-state index in [9.17, 15) is 0 Å². The molecule has 20 heavy (non-hydrogen) atoms. The van der Waals surface area contributed by atoms with Crippen molar-refractivity contribution in [2.75, 3.05) is 0 Å². The summed E-state index contributed by atoms with van der Waals surface area (Å²) in [7, 11) is 0. The van der Waals surface area contributed by atoms with Crippen molar-refractivity contribution in [3.05, 3.63) is 0 Å². The Kier molecular flexibility index (Phi) is 3.63. The molecule has 4 fully saturated rings. The Morgan fingerprint density at radius 1 is 0.500 bits per heavy atom. The highest BCUT2D eigenvalue weighted by atomic mass is 14.5. The Morgan fingerprint density at radius 2 is 0.950 bits per heavy atom. The third kappa shape index (κ3) is 2.26. The van der Waals surface area contributed by atoms with Crippen LogP contribution in [0.1, 0.15) is 78.1 Å². The minimum Gasteiger partial charge on any atom is -0.0622 e. The lowest BCUT2D eigenvalue weighted by molar-refractivity contribution is -0.0330. The second-order valence-corrected chi connectivity index (χ2v) is 9.13. The number of fused-ring (bicyclic) bond motifs is 3. The summed E-state index contributed by atoms with van der Waals surface area (Å²) < 4.78 is 0. The average molecular weight is 274 g/mol. The Hall–Kier alpha value is 0. The van der Waals surface area contributed by atoms with Gasteiger partial charge in [0.25, 0.3) is 0 Å². The van der Waals surface area contributed by atoms with Gasteiger partial charge in [0, 0.05) is 0 Å². The van der Waals surface area contributed by atoms with Gasteiger partial charge in [0.05, 0.1) is 0 Å². The van der Waals surface area contributed by atoms with Gasteiger partial charge >= 0.3 is 0 Å². The molecule has 4 aliphatic rings. The molecule has 0 spiro atoms. The minimum absolute atomic E-state index is 1.04. The molecule has 0 bridgehead atoms. The van der Waals surface area contributed by atoms with E-state index in [2.05, 4.69) is 13.8 Å². The molecule has 0 N–H and O–H groups in total. The molecular formula is C20H34. The van der Waals surface area contributed by atoms with Crippen molar-refractivity contribution in [1.82, 2.24) is 0 Å². The van der Waals surface area contributed by atoms with Crippen LogP contribution < -0.4 is 0 Å². The Balaban J connectivity index is 1.49. The lowest BCUT2D eigenvalue weighted by atomic mass is 9.52. The first-order valence-electron chi connectivity index (χ1n) is 9.72. The topological polar surface area (TPSA) is 0 Å². The van der Waals surface area contributed by atoms with Crippen molar-refractivity contribution in [3.63, 3.8) is 0 Å². The van der Waals surface area contributed by atoms with Crippen LogP contribution in [0.5, 0.6) is 0 Å². The molecule has 0 aliphatic heterocycles. The van der Waals surface area contributed by atoms with E-state index in [4.69, 9.17) is 0 Å². The maximum absolute atomic E-state index is 2.56. The van der Waals surface area contributed by atoms with Gasteiger partial charge in [-0.1, -0.05) is 52.4 Å². The average Bonchev–Trinajstić information content (AvgIpc) is 2.45. The molecule has 0 saturated heterocycles. The first-order valence-corrected chi connectivity index (χ1v) is 9.72. The van der Waals surface area contributed by atoms with Gasteiger partial charge in [-0.2, -0.15) is 0 Å². The van der Waals surface area contributed by atoms with Crippen molar-refractivity contribution in [1.29, 1.82) is 0 Å². The summed E-state index contributed by atoms with van der Waals surface area (Å²) in [5.74, 6) is 8.80. The zero-order valence-electron chi connectivity index (χ0n) is 13.7. The Labute approximate surface area is 126 Å². The van der Waals surface area contributed by atoms with E-state index >= 15 is 0 Å². The Morgan fingerprint density at radius 3 is 1.45 bits per heavy atom. The van der Waals surface area contributed by atoms with E-state index in [-0.39, 0.29) is 0 Å². The molecule has 4 aliphatic carbocycles. The fourth-order valence-corrected chi connectivity index (χ4v) is 7.06. The molecule has 6 unspecified atom stereocenters. The van der Waals surface area contributed by atoms with Crippen molar-refractivity contribution in [3.8, 4) is 0 Å². The van der Waals surface area contributed by atoms with Gasteiger partial charge in [0.1, 0.15) is 0 Å². The van der Waals surface area contributed by atoms with Gasteiger partial charge in [0.15, 0.2) is 0 Å². The highest BCUT2D eigenvalue weighted by Gasteiger charge is 2.46. The molecule has 0 heteroatoms. The van der Waals surface area contributed by atoms with Gasteiger partial charge in [0.2, 0.25) is 0 Å². The van der Waals surface area contributed by atoms with Gasteiger partial charge in [-0.25, -0.2) is 0 Å². The van der Waals surface area contributed by atoms with Crippen LogP contribution in [0.25, 0.3) is 0 Å². The van der Waals surface area contributed by atoms with Crippen LogP contribution >= 0.6 is 0 Å². The summed E-state index contributed by atoms with van der Waals surface area (Å²) in [4.78, 5) is 0. The second kappa shape index (κ2) is 5.33. The standard InChI is InChI=1S/C20H34/c1-13-5-3-7-15-9-17-10-16-8-4-6-14(2)20(16)12-18(17)11-19(13)15/h13-20H,3-12H2,1-2H3. The van der Waals surface area contributed by atoms with Crippen molar-refractivity contribution in [2.24, 2.45) is 47.3 Å². The molecule has 0 nitrogen and oxygen atoms in total. The summed E-state index contributed by atoms with van der Waals surface area (Å²) in [6, 6.07) is 0. The molecule has 0 aromatic rings. The quantitative estimate of drug-likeness (QED) is 0.515. The van der Waals surface area contributed by atoms with E-state index in [1.807, 2.05) is 0 Å². The van der Waals surface area contributed by atoms with E-state index in [1.54, 1.807) is 38.5 Å². The van der Waals surface area contributed by atoms with Gasteiger partial charge < -0.3 is 0 Å². The molecule has 0 aromatic carbocycles. The number of hydrogen-bond acceptors (Lipinski definition) is 0. The number of rotatable bonds is 0. The zero-order chi connectivity index (χ0) is 13.7. The van der Waals surface area contributed by atoms with Crippen LogP contribution in [-0.4, -0.2) is 0 Å². The van der Waals surface area contributed by atoms with Crippen molar-refractivity contribution in [2.45, 2.75) is 78.1 Å². The van der Waals surface area contributed by atoms with Crippen molar-refractivity contribution >= 4 is 0 Å². The third-order valence-electron chi connectivity index (χ3n) is 8.17. The SMILES string of the molecule is CC1CCCC2CC3CC4CCCC(C)C4CC3CC12. The summed E-state index contributed by atoms with van der Waals surface area (Å²) in [5.41, 5.74) is 0. The van der Waals surface area contributed by atoms with Crippen LogP contribution in [0.15, 0.2) is 0 Å². The molecular weight excluding hydrogens is 240 g/mol. The Bertz CT molecular complexity index is 314. The second-order valence-electron chi connectivity index (χ2n) is 9.13. The summed E-state index contributed by atoms with van der Waals surface area (Å²) >= 11 is 0. The molecule has 114 valence electrons. The predicted octanol–water partition coefficient (Wildman–Crippen LogP) is 5.91. The van der Waals surface area contributed by atoms with Gasteiger partial charge in [-0.3, -0.25) is 0 Å². The van der Waals surface area contributed by atoms with Crippen LogP contribution in [-0.2, 0) is 0 Å². The maximum Gasteiger partial charge on any atom is -0.0357 e. The fourth-order valence-electron chi connectivity index (χ4n) is 7.06. The van der Waals surface area contributed by atoms with E-state index < -0.39 is 0 Å². The monoisotopic (exact) mass is 274 g/mol. The highest BCUT2D eigenvalue weighted by Crippen LogP contribution is 2.56. The molecule has 4 saturated carbocycles. The summed E-state index contributed by atoms with van der Waals surface area (Å²) in [5, 5.41) is 0. The fraction of sp³-hybridized carbons (Fsp3) is 1.00. The van der Waals surface area contributed by atoms with Gasteiger partial charge in [-0.15, -0.1) is 0 Å². The van der Waals surface area contributed by atoms with Crippen LogP contribution in [0.3, 0.4) is 0 Å². The molecule has 6 atom stereocenters. The number of hydrogen-bond donors (Lipinski definition) is 0. The van der Waals surface area contributed by atoms with E-state index in [1.165, 1.54) is 25.7 Å². The largest absolute Gasteiger partial charge is 0.0622 e. The normalized spacial score (nSPS) is 55.5. The van der Waals surface area contributed by atoms with E-state index in [0.717, 1.165) is 47.3 Å². The highest BCUT2D eigenvalue weighted by molar-refractivity contribution is 4.97. The van der Waals surface area contributed by atoms with Crippen LogP contribution in [0.2, 0.25) is 0 Å². The smallest absolute Gasteiger partial charge is 0.0357 e. The van der Waals surface area contributed by atoms with Crippen molar-refractivity contribution < 1.29 is 0 Å². The third-order valence-corrected chi connectivity index (χ3v) is 8.17. The minimum atomic E-state index is 1.04. The maximum atomic E-state index is 2.56. The molecule has 0 heterocycles. The van der Waals surface area contributed by atoms with Crippen LogP contribution in [0, 0.1) is 47.3 Å². The first kappa shape index (κ1) is 13.6. The molecule has 4 rings (SSSR count). The summed E-state index contributed by atoms with van der Waals surface area (Å²) in [6.45, 7) is 5.12. The van der Waals surface area contributed by atoms with Gasteiger partial charge in [-0.05, 0) is 73.0 Å². The zero-order valence-corrected chi connectivity index (χ0v) is 13.7. The molecule has 0 radical (unpaired) electrons. The lowest BCUT2D eigenvalue weighted by Crippen LogP contribution is -2.44. The van der Waals surface area contributed by atoms with Crippen LogP contribution in [0.4, 0.5) is 0 Å². The molecule has 0 amide bonds. The predicted molar refractivity (Wildman–Crippen MR) is 85.4 cm³/mol. The first-order chi connectivity index (χ1) is 9.72. The lowest BCUT2D eigenvalue weighted by Gasteiger charge is -2.53. The van der Waals surface area contributed by atoms with E-state index in [0.29, 0.717) is 0 Å². The molecule has 0 aromatic heterocycles. The summed E-state index contributed by atoms with van der Waals surface area (Å²) in [6.07, 6.45) is 15.7.